The zero-order valence-electron chi connectivity index (χ0n) is 9.32. The lowest BCUT2D eigenvalue weighted by Crippen LogP contribution is -2.04. The third-order valence-electron chi connectivity index (χ3n) is 2.43. The molecule has 0 spiro atoms. The minimum Gasteiger partial charge on any atom is -0.381 e. The standard InChI is InChI=1S/C11H12ClFN4/c1-2-3-10-11(14)15-16-17(10)7-4-5-8(12)9(13)6-7/h4-6H,2-3,14H2,1H3. The van der Waals surface area contributed by atoms with Gasteiger partial charge in [0.15, 0.2) is 5.82 Å². The second kappa shape index (κ2) is 4.71. The molecule has 0 bridgehead atoms. The van der Waals surface area contributed by atoms with Gasteiger partial charge in [0, 0.05) is 6.07 Å². The molecule has 17 heavy (non-hydrogen) atoms. The van der Waals surface area contributed by atoms with Gasteiger partial charge in [-0.25, -0.2) is 9.07 Å². The third kappa shape index (κ3) is 2.24. The molecule has 0 saturated heterocycles. The van der Waals surface area contributed by atoms with Crippen LogP contribution in [-0.4, -0.2) is 15.0 Å². The van der Waals surface area contributed by atoms with Crippen molar-refractivity contribution in [3.8, 4) is 5.69 Å². The number of hydrogen-bond acceptors (Lipinski definition) is 3. The molecule has 0 atom stereocenters. The molecule has 0 aliphatic carbocycles. The molecule has 0 aliphatic heterocycles. The van der Waals surface area contributed by atoms with Crippen molar-refractivity contribution < 1.29 is 4.39 Å². The lowest BCUT2D eigenvalue weighted by molar-refractivity contribution is 0.624. The minimum absolute atomic E-state index is 0.0823. The predicted octanol–water partition coefficient (Wildman–Crippen LogP) is 2.59. The van der Waals surface area contributed by atoms with Crippen LogP contribution in [0.3, 0.4) is 0 Å². The average molecular weight is 255 g/mol. The van der Waals surface area contributed by atoms with Gasteiger partial charge in [-0.05, 0) is 18.6 Å². The molecular weight excluding hydrogens is 243 g/mol. The third-order valence-corrected chi connectivity index (χ3v) is 2.73. The summed E-state index contributed by atoms with van der Waals surface area (Å²) in [6.07, 6.45) is 1.65. The van der Waals surface area contributed by atoms with Crippen molar-refractivity contribution in [1.82, 2.24) is 15.0 Å². The summed E-state index contributed by atoms with van der Waals surface area (Å²) < 4.78 is 14.9. The zero-order chi connectivity index (χ0) is 12.4. The molecule has 2 rings (SSSR count). The fraction of sp³-hybridized carbons (Fsp3) is 0.273. The SMILES string of the molecule is CCCc1c(N)nnn1-c1ccc(Cl)c(F)c1. The van der Waals surface area contributed by atoms with Gasteiger partial charge >= 0.3 is 0 Å². The predicted molar refractivity (Wildman–Crippen MR) is 64.7 cm³/mol. The Morgan fingerprint density at radius 1 is 1.47 bits per heavy atom. The van der Waals surface area contributed by atoms with Crippen LogP contribution in [0.2, 0.25) is 5.02 Å². The van der Waals surface area contributed by atoms with E-state index in [-0.39, 0.29) is 5.02 Å². The van der Waals surface area contributed by atoms with Crippen molar-refractivity contribution in [1.29, 1.82) is 0 Å². The smallest absolute Gasteiger partial charge is 0.169 e. The van der Waals surface area contributed by atoms with Gasteiger partial charge in [-0.1, -0.05) is 30.2 Å². The van der Waals surface area contributed by atoms with E-state index in [1.165, 1.54) is 16.8 Å². The summed E-state index contributed by atoms with van der Waals surface area (Å²) in [6, 6.07) is 4.48. The van der Waals surface area contributed by atoms with E-state index in [1.54, 1.807) is 6.07 Å². The van der Waals surface area contributed by atoms with Crippen molar-refractivity contribution in [2.45, 2.75) is 19.8 Å². The largest absolute Gasteiger partial charge is 0.381 e. The van der Waals surface area contributed by atoms with Gasteiger partial charge in [-0.15, -0.1) is 5.10 Å². The Morgan fingerprint density at radius 3 is 2.88 bits per heavy atom. The zero-order valence-corrected chi connectivity index (χ0v) is 10.1. The summed E-state index contributed by atoms with van der Waals surface area (Å²) in [7, 11) is 0. The monoisotopic (exact) mass is 254 g/mol. The van der Waals surface area contributed by atoms with Crippen LogP contribution in [0.4, 0.5) is 10.2 Å². The van der Waals surface area contributed by atoms with E-state index >= 15 is 0 Å². The second-order valence-electron chi connectivity index (χ2n) is 3.68. The quantitative estimate of drug-likeness (QED) is 0.916. The van der Waals surface area contributed by atoms with Gasteiger partial charge in [0.05, 0.1) is 16.4 Å². The van der Waals surface area contributed by atoms with Crippen LogP contribution in [0.25, 0.3) is 5.69 Å². The molecule has 0 amide bonds. The number of anilines is 1. The fourth-order valence-corrected chi connectivity index (χ4v) is 1.73. The van der Waals surface area contributed by atoms with Crippen LogP contribution in [0.1, 0.15) is 19.0 Å². The molecule has 0 radical (unpaired) electrons. The molecule has 90 valence electrons. The van der Waals surface area contributed by atoms with Crippen molar-refractivity contribution in [3.05, 3.63) is 34.7 Å². The maximum absolute atomic E-state index is 13.4. The highest BCUT2D eigenvalue weighted by Crippen LogP contribution is 2.21. The minimum atomic E-state index is -0.485. The molecule has 4 nitrogen and oxygen atoms in total. The van der Waals surface area contributed by atoms with Gasteiger partial charge in [0.1, 0.15) is 5.82 Å². The normalized spacial score (nSPS) is 10.8. The first-order chi connectivity index (χ1) is 8.13. The molecule has 2 aromatic rings. The van der Waals surface area contributed by atoms with Crippen molar-refractivity contribution in [2.24, 2.45) is 0 Å². The first kappa shape index (κ1) is 11.9. The Morgan fingerprint density at radius 2 is 2.24 bits per heavy atom. The summed E-state index contributed by atoms with van der Waals surface area (Å²) in [4.78, 5) is 0. The van der Waals surface area contributed by atoms with E-state index < -0.39 is 5.82 Å². The van der Waals surface area contributed by atoms with E-state index in [2.05, 4.69) is 10.3 Å². The van der Waals surface area contributed by atoms with Crippen LogP contribution in [-0.2, 0) is 6.42 Å². The number of nitrogen functional groups attached to an aromatic ring is 1. The van der Waals surface area contributed by atoms with E-state index in [0.717, 1.165) is 18.5 Å². The Balaban J connectivity index is 2.48. The average Bonchev–Trinajstić information content (AvgIpc) is 2.66. The molecule has 1 aromatic carbocycles. The summed E-state index contributed by atoms with van der Waals surface area (Å²) >= 11 is 5.63. The Hall–Kier alpha value is -1.62. The number of rotatable bonds is 3. The van der Waals surface area contributed by atoms with E-state index in [0.29, 0.717) is 11.5 Å². The summed E-state index contributed by atoms with van der Waals surface area (Å²) in [6.45, 7) is 2.03. The molecule has 1 heterocycles. The Kier molecular flexibility index (Phi) is 3.28. The van der Waals surface area contributed by atoms with Crippen LogP contribution in [0.5, 0.6) is 0 Å². The molecule has 0 saturated carbocycles. The molecule has 0 aliphatic rings. The number of nitrogens with two attached hydrogens (primary N) is 1. The highest BCUT2D eigenvalue weighted by molar-refractivity contribution is 6.30. The van der Waals surface area contributed by atoms with E-state index in [1.807, 2.05) is 6.92 Å². The van der Waals surface area contributed by atoms with Crippen LogP contribution in [0.15, 0.2) is 18.2 Å². The summed E-state index contributed by atoms with van der Waals surface area (Å²) in [5.74, 6) is -0.108. The van der Waals surface area contributed by atoms with Gasteiger partial charge in [0.25, 0.3) is 0 Å². The number of hydrogen-bond donors (Lipinski definition) is 1. The number of nitrogens with zero attached hydrogens (tertiary/aromatic N) is 3. The summed E-state index contributed by atoms with van der Waals surface area (Å²) in [5.41, 5.74) is 7.07. The molecule has 1 aromatic heterocycles. The van der Waals surface area contributed by atoms with Crippen molar-refractivity contribution in [2.75, 3.05) is 5.73 Å². The van der Waals surface area contributed by atoms with Gasteiger partial charge in [-0.2, -0.15) is 0 Å². The maximum Gasteiger partial charge on any atom is 0.169 e. The van der Waals surface area contributed by atoms with E-state index in [4.69, 9.17) is 17.3 Å². The lowest BCUT2D eigenvalue weighted by Gasteiger charge is -2.06. The van der Waals surface area contributed by atoms with Crippen LogP contribution in [0, 0.1) is 5.82 Å². The highest BCUT2D eigenvalue weighted by Gasteiger charge is 2.12. The van der Waals surface area contributed by atoms with Crippen LogP contribution < -0.4 is 5.73 Å². The van der Waals surface area contributed by atoms with Crippen molar-refractivity contribution in [3.63, 3.8) is 0 Å². The summed E-state index contributed by atoms with van der Waals surface area (Å²) in [5, 5.41) is 7.79. The maximum atomic E-state index is 13.4. The molecule has 6 heteroatoms. The Labute approximate surface area is 103 Å². The first-order valence-electron chi connectivity index (χ1n) is 5.29. The van der Waals surface area contributed by atoms with E-state index in [9.17, 15) is 4.39 Å². The Bertz CT molecular complexity index is 538. The lowest BCUT2D eigenvalue weighted by atomic mass is 10.2. The second-order valence-corrected chi connectivity index (χ2v) is 4.09. The van der Waals surface area contributed by atoms with Crippen molar-refractivity contribution >= 4 is 17.4 Å². The number of aromatic nitrogens is 3. The van der Waals surface area contributed by atoms with Gasteiger partial charge in [0.2, 0.25) is 0 Å². The highest BCUT2D eigenvalue weighted by atomic mass is 35.5. The molecule has 0 fully saturated rings. The number of benzene rings is 1. The van der Waals surface area contributed by atoms with Gasteiger partial charge < -0.3 is 5.73 Å². The first-order valence-corrected chi connectivity index (χ1v) is 5.66. The topological polar surface area (TPSA) is 56.7 Å². The van der Waals surface area contributed by atoms with Crippen LogP contribution >= 0.6 is 11.6 Å². The molecular formula is C11H12ClFN4. The molecule has 2 N–H and O–H groups in total. The molecule has 0 unspecified atom stereocenters. The fourth-order valence-electron chi connectivity index (χ4n) is 1.61. The number of halogens is 2. The van der Waals surface area contributed by atoms with Gasteiger partial charge in [-0.3, -0.25) is 0 Å².